The van der Waals surface area contributed by atoms with Gasteiger partial charge in [0.25, 0.3) is 0 Å². The van der Waals surface area contributed by atoms with Gasteiger partial charge in [0.15, 0.2) is 0 Å². The Labute approximate surface area is 142 Å². The fourth-order valence-electron chi connectivity index (χ4n) is 3.07. The zero-order valence-corrected chi connectivity index (χ0v) is 15.4. The molecule has 2 unspecified atom stereocenters. The summed E-state index contributed by atoms with van der Waals surface area (Å²) in [6.45, 7) is 5.06. The summed E-state index contributed by atoms with van der Waals surface area (Å²) in [7, 11) is -0.103. The maximum atomic E-state index is 12.5. The van der Waals surface area contributed by atoms with E-state index in [9.17, 15) is 23.1 Å². The van der Waals surface area contributed by atoms with Gasteiger partial charge in [0.2, 0.25) is 10.0 Å². The van der Waals surface area contributed by atoms with E-state index in [0.717, 1.165) is 0 Å². The molecule has 10 heteroatoms. The number of carbonyl (C=O) groups is 2. The molecule has 138 valence electrons. The SMILES string of the molecule is CC(C)[C@@H](C(=O)O)N(C)C(=O)N1CCN(S(=O)(=O)C2CN2C)CC1. The van der Waals surface area contributed by atoms with Crippen LogP contribution in [0.5, 0.6) is 0 Å². The van der Waals surface area contributed by atoms with Gasteiger partial charge in [0.05, 0.1) is 0 Å². The van der Waals surface area contributed by atoms with Crippen molar-refractivity contribution in [2.45, 2.75) is 25.3 Å². The highest BCUT2D eigenvalue weighted by Gasteiger charge is 2.46. The molecule has 2 heterocycles. The topological polar surface area (TPSA) is 101 Å². The van der Waals surface area contributed by atoms with E-state index in [1.54, 1.807) is 25.8 Å². The first-order valence-electron chi connectivity index (χ1n) is 8.01. The van der Waals surface area contributed by atoms with Crippen LogP contribution in [0.3, 0.4) is 0 Å². The molecule has 2 saturated heterocycles. The number of amides is 2. The average Bonchev–Trinajstić information content (AvgIpc) is 3.23. The first-order chi connectivity index (χ1) is 11.1. The fourth-order valence-corrected chi connectivity index (χ4v) is 4.96. The van der Waals surface area contributed by atoms with Crippen molar-refractivity contribution < 1.29 is 23.1 Å². The number of aliphatic carboxylic acids is 1. The van der Waals surface area contributed by atoms with Gasteiger partial charge in [0, 0.05) is 39.8 Å². The van der Waals surface area contributed by atoms with Gasteiger partial charge < -0.3 is 14.9 Å². The van der Waals surface area contributed by atoms with Crippen LogP contribution in [0.1, 0.15) is 13.8 Å². The van der Waals surface area contributed by atoms with Crippen LogP contribution < -0.4 is 0 Å². The number of carboxylic acid groups (broad SMARTS) is 1. The highest BCUT2D eigenvalue weighted by atomic mass is 32.2. The lowest BCUT2D eigenvalue weighted by molar-refractivity contribution is -0.143. The number of hydrogen-bond acceptors (Lipinski definition) is 5. The molecule has 2 aliphatic rings. The predicted molar refractivity (Wildman–Crippen MR) is 87.9 cm³/mol. The summed E-state index contributed by atoms with van der Waals surface area (Å²) in [5.41, 5.74) is 0. The minimum absolute atomic E-state index is 0.219. The Morgan fingerprint density at radius 2 is 1.67 bits per heavy atom. The molecule has 2 fully saturated rings. The van der Waals surface area contributed by atoms with Gasteiger partial charge in [0.1, 0.15) is 11.4 Å². The van der Waals surface area contributed by atoms with Crippen molar-refractivity contribution in [2.24, 2.45) is 5.92 Å². The predicted octanol–water partition coefficient (Wildman–Crippen LogP) is -0.634. The molecule has 0 aromatic rings. The summed E-state index contributed by atoms with van der Waals surface area (Å²) in [6.07, 6.45) is 0. The van der Waals surface area contributed by atoms with Crippen LogP contribution in [0.2, 0.25) is 0 Å². The molecule has 2 aliphatic heterocycles. The minimum Gasteiger partial charge on any atom is -0.480 e. The van der Waals surface area contributed by atoms with Crippen LogP contribution in [-0.2, 0) is 14.8 Å². The van der Waals surface area contributed by atoms with E-state index in [0.29, 0.717) is 6.54 Å². The van der Waals surface area contributed by atoms with Crippen LogP contribution >= 0.6 is 0 Å². The minimum atomic E-state index is -3.34. The summed E-state index contributed by atoms with van der Waals surface area (Å²) in [5, 5.41) is 8.85. The third-order valence-corrected chi connectivity index (χ3v) is 6.90. The maximum Gasteiger partial charge on any atom is 0.326 e. The monoisotopic (exact) mass is 362 g/mol. The molecular weight excluding hydrogens is 336 g/mol. The number of carboxylic acids is 1. The van der Waals surface area contributed by atoms with Crippen molar-refractivity contribution in [1.82, 2.24) is 19.0 Å². The second kappa shape index (κ2) is 6.85. The normalized spacial score (nSPS) is 26.3. The first-order valence-corrected chi connectivity index (χ1v) is 9.51. The molecule has 0 radical (unpaired) electrons. The zero-order valence-electron chi connectivity index (χ0n) is 14.5. The van der Waals surface area contributed by atoms with Gasteiger partial charge >= 0.3 is 12.0 Å². The van der Waals surface area contributed by atoms with E-state index in [4.69, 9.17) is 0 Å². The van der Waals surface area contributed by atoms with E-state index in [-0.39, 0.29) is 38.1 Å². The standard InChI is InChI=1S/C14H26N4O5S/c1-10(2)12(13(19)20)16(4)14(21)17-5-7-18(8-6-17)24(22,23)11-9-15(11)3/h10-12H,5-9H2,1-4H3,(H,19,20)/t11?,12-,15?/m0/s1. The van der Waals surface area contributed by atoms with Gasteiger partial charge in [-0.1, -0.05) is 13.8 Å². The number of carbonyl (C=O) groups excluding carboxylic acids is 1. The molecule has 0 aliphatic carbocycles. The quantitative estimate of drug-likeness (QED) is 0.653. The van der Waals surface area contributed by atoms with Crippen molar-refractivity contribution >= 4 is 22.0 Å². The third kappa shape index (κ3) is 3.65. The molecule has 1 N–H and O–H groups in total. The second-order valence-corrected chi connectivity index (χ2v) is 8.84. The third-order valence-electron chi connectivity index (χ3n) is 4.62. The highest BCUT2D eigenvalue weighted by Crippen LogP contribution is 2.25. The molecule has 0 aromatic carbocycles. The molecule has 0 saturated carbocycles. The molecule has 0 spiro atoms. The Hall–Kier alpha value is -1.39. The van der Waals surface area contributed by atoms with Crippen molar-refractivity contribution in [2.75, 3.05) is 46.8 Å². The summed E-state index contributed by atoms with van der Waals surface area (Å²) in [4.78, 5) is 28.4. The molecule has 0 bridgehead atoms. The van der Waals surface area contributed by atoms with E-state index in [1.165, 1.54) is 21.2 Å². The van der Waals surface area contributed by atoms with Gasteiger partial charge in [-0.3, -0.25) is 4.90 Å². The molecule has 2 amide bonds. The van der Waals surface area contributed by atoms with E-state index in [2.05, 4.69) is 0 Å². The Balaban J connectivity index is 1.96. The second-order valence-electron chi connectivity index (χ2n) is 6.75. The molecule has 2 rings (SSSR count). The Morgan fingerprint density at radius 1 is 1.17 bits per heavy atom. The smallest absolute Gasteiger partial charge is 0.326 e. The van der Waals surface area contributed by atoms with E-state index < -0.39 is 27.4 Å². The lowest BCUT2D eigenvalue weighted by Gasteiger charge is -2.38. The van der Waals surface area contributed by atoms with Crippen molar-refractivity contribution in [3.63, 3.8) is 0 Å². The van der Waals surface area contributed by atoms with Crippen LogP contribution in [0.15, 0.2) is 0 Å². The average molecular weight is 362 g/mol. The number of nitrogens with zero attached hydrogens (tertiary/aromatic N) is 4. The zero-order chi connectivity index (χ0) is 18.2. The van der Waals surface area contributed by atoms with Crippen molar-refractivity contribution in [1.29, 1.82) is 0 Å². The summed E-state index contributed by atoms with van der Waals surface area (Å²) in [6, 6.07) is -1.28. The highest BCUT2D eigenvalue weighted by molar-refractivity contribution is 7.90. The number of urea groups is 1. The van der Waals surface area contributed by atoms with Gasteiger partial charge in [-0.05, 0) is 13.0 Å². The molecule has 3 atom stereocenters. The first kappa shape index (κ1) is 18.9. The number of piperazine rings is 1. The van der Waals surface area contributed by atoms with Crippen LogP contribution in [0.25, 0.3) is 0 Å². The van der Waals surface area contributed by atoms with Gasteiger partial charge in [-0.2, -0.15) is 4.31 Å². The largest absolute Gasteiger partial charge is 0.480 e. The van der Waals surface area contributed by atoms with Crippen LogP contribution in [0, 0.1) is 5.92 Å². The van der Waals surface area contributed by atoms with Crippen LogP contribution in [-0.4, -0.2) is 103 Å². The summed E-state index contributed by atoms with van der Waals surface area (Å²) in [5.74, 6) is -1.26. The van der Waals surface area contributed by atoms with E-state index >= 15 is 0 Å². The number of likely N-dealkylation sites (N-methyl/N-ethyl adjacent to an activating group) is 2. The number of hydrogen-bond donors (Lipinski definition) is 1. The summed E-state index contributed by atoms with van der Waals surface area (Å²) >= 11 is 0. The molecule has 0 aromatic heterocycles. The van der Waals surface area contributed by atoms with Gasteiger partial charge in [-0.25, -0.2) is 18.0 Å². The maximum absolute atomic E-state index is 12.5. The number of sulfonamides is 1. The Kier molecular flexibility index (Phi) is 5.41. The summed E-state index contributed by atoms with van der Waals surface area (Å²) < 4.78 is 26.1. The Morgan fingerprint density at radius 3 is 2.04 bits per heavy atom. The van der Waals surface area contributed by atoms with Crippen molar-refractivity contribution in [3.05, 3.63) is 0 Å². The molecule has 24 heavy (non-hydrogen) atoms. The van der Waals surface area contributed by atoms with E-state index in [1.807, 2.05) is 0 Å². The fraction of sp³-hybridized carbons (Fsp3) is 0.857. The van der Waals surface area contributed by atoms with Gasteiger partial charge in [-0.15, -0.1) is 0 Å². The molecular formula is C14H26N4O5S. The molecule has 9 nitrogen and oxygen atoms in total. The number of rotatable bonds is 5. The Bertz CT molecular complexity index is 600. The van der Waals surface area contributed by atoms with Crippen molar-refractivity contribution in [3.8, 4) is 0 Å². The lowest BCUT2D eigenvalue weighted by atomic mass is 10.0. The van der Waals surface area contributed by atoms with Crippen LogP contribution in [0.4, 0.5) is 4.79 Å². The lowest BCUT2D eigenvalue weighted by Crippen LogP contribution is -2.57.